The molecule has 8 nitrogen and oxygen atoms in total. The Kier molecular flexibility index (Phi) is 6.97. The number of ether oxygens (including phenoxy) is 1. The zero-order valence-corrected chi connectivity index (χ0v) is 19.8. The highest BCUT2D eigenvalue weighted by Gasteiger charge is 2.35. The second kappa shape index (κ2) is 9.80. The van der Waals surface area contributed by atoms with Crippen molar-refractivity contribution in [2.24, 2.45) is 0 Å². The van der Waals surface area contributed by atoms with Crippen molar-refractivity contribution in [3.8, 4) is 11.4 Å². The number of hydrogen-bond donors (Lipinski definition) is 1. The highest BCUT2D eigenvalue weighted by molar-refractivity contribution is 7.89. The molecule has 0 aliphatic carbocycles. The van der Waals surface area contributed by atoms with Gasteiger partial charge in [-0.3, -0.25) is 4.98 Å². The minimum Gasteiger partial charge on any atom is -0.487 e. The molecule has 0 spiro atoms. The third kappa shape index (κ3) is 6.08. The van der Waals surface area contributed by atoms with Crippen LogP contribution >= 0.6 is 11.6 Å². The van der Waals surface area contributed by atoms with Gasteiger partial charge < -0.3 is 9.30 Å². The number of benzene rings is 1. The lowest BCUT2D eigenvalue weighted by Gasteiger charge is -2.16. The maximum absolute atomic E-state index is 12.5. The van der Waals surface area contributed by atoms with E-state index in [0.717, 1.165) is 16.8 Å². The van der Waals surface area contributed by atoms with Crippen LogP contribution in [0.1, 0.15) is 16.8 Å². The number of imidazole rings is 1. The van der Waals surface area contributed by atoms with Crippen LogP contribution < -0.4 is 9.46 Å². The van der Waals surface area contributed by atoms with Crippen LogP contribution in [0.5, 0.6) is 5.75 Å². The molecule has 35 heavy (non-hydrogen) atoms. The Morgan fingerprint density at radius 3 is 2.71 bits per heavy atom. The van der Waals surface area contributed by atoms with Crippen LogP contribution in [-0.2, 0) is 23.2 Å². The summed E-state index contributed by atoms with van der Waals surface area (Å²) in [5.41, 5.74) is 2.87. The van der Waals surface area contributed by atoms with E-state index in [1.165, 1.54) is 12.4 Å². The number of rotatable bonds is 8. The molecule has 0 aliphatic rings. The number of aromatic nitrogens is 4. The summed E-state index contributed by atoms with van der Waals surface area (Å²) in [6.07, 6.45) is 2.95. The molecule has 3 heterocycles. The van der Waals surface area contributed by atoms with Gasteiger partial charge in [-0.15, -0.1) is 0 Å². The van der Waals surface area contributed by atoms with Gasteiger partial charge in [0.25, 0.3) is 0 Å². The summed E-state index contributed by atoms with van der Waals surface area (Å²) in [4.78, 5) is 12.6. The van der Waals surface area contributed by atoms with Crippen molar-refractivity contribution >= 4 is 32.5 Å². The van der Waals surface area contributed by atoms with Crippen molar-refractivity contribution in [3.63, 3.8) is 0 Å². The van der Waals surface area contributed by atoms with Gasteiger partial charge in [0.15, 0.2) is 5.75 Å². The molecular weight excluding hydrogens is 507 g/mol. The zero-order valence-electron chi connectivity index (χ0n) is 18.3. The normalized spacial score (nSPS) is 12.3. The van der Waals surface area contributed by atoms with Crippen LogP contribution in [0.3, 0.4) is 0 Å². The van der Waals surface area contributed by atoms with Crippen LogP contribution in [0.25, 0.3) is 16.6 Å². The van der Waals surface area contributed by atoms with Crippen LogP contribution in [0.4, 0.5) is 13.2 Å². The van der Waals surface area contributed by atoms with E-state index in [1.54, 1.807) is 24.7 Å². The molecule has 0 amide bonds. The molecule has 0 saturated heterocycles. The maximum atomic E-state index is 12.5. The number of hydrogen-bond acceptors (Lipinski definition) is 6. The fraction of sp³-hybridized carbons (Fsp3) is 0.227. The summed E-state index contributed by atoms with van der Waals surface area (Å²) < 4.78 is 70.9. The van der Waals surface area contributed by atoms with Gasteiger partial charge in [-0.05, 0) is 24.6 Å². The number of fused-ring (bicyclic) bond motifs is 1. The molecule has 0 fully saturated rings. The number of nitrogens with one attached hydrogen (secondary N) is 1. The topological polar surface area (TPSA) is 99.0 Å². The number of alkyl halides is 3. The average Bonchev–Trinajstić information content (AvgIpc) is 3.30. The Bertz CT molecular complexity index is 1460. The summed E-state index contributed by atoms with van der Waals surface area (Å²) in [7, 11) is -4.60. The first-order valence-electron chi connectivity index (χ1n) is 10.2. The molecule has 0 aliphatic heterocycles. The van der Waals surface area contributed by atoms with E-state index in [9.17, 15) is 21.6 Å². The first-order chi connectivity index (χ1) is 16.5. The Labute approximate surface area is 203 Å². The van der Waals surface area contributed by atoms with E-state index in [2.05, 4.69) is 15.0 Å². The van der Waals surface area contributed by atoms with Crippen LogP contribution in [-0.4, -0.2) is 39.9 Å². The largest absolute Gasteiger partial charge is 0.487 e. The van der Waals surface area contributed by atoms with Crippen molar-refractivity contribution < 1.29 is 26.3 Å². The zero-order chi connectivity index (χ0) is 25.2. The van der Waals surface area contributed by atoms with Crippen molar-refractivity contribution in [1.82, 2.24) is 24.2 Å². The van der Waals surface area contributed by atoms with E-state index >= 15 is 0 Å². The van der Waals surface area contributed by atoms with Crippen LogP contribution in [0.15, 0.2) is 55.4 Å². The second-order valence-corrected chi connectivity index (χ2v) is 9.86. The molecule has 184 valence electrons. The number of para-hydroxylation sites is 1. The monoisotopic (exact) mass is 525 g/mol. The van der Waals surface area contributed by atoms with Gasteiger partial charge in [-0.25, -0.2) is 23.1 Å². The van der Waals surface area contributed by atoms with E-state index in [0.29, 0.717) is 16.8 Å². The lowest BCUT2D eigenvalue weighted by Crippen LogP contribution is -2.33. The predicted molar refractivity (Wildman–Crippen MR) is 124 cm³/mol. The van der Waals surface area contributed by atoms with E-state index < -0.39 is 28.5 Å². The van der Waals surface area contributed by atoms with Crippen molar-refractivity contribution in [3.05, 3.63) is 77.2 Å². The molecule has 1 aromatic carbocycles. The van der Waals surface area contributed by atoms with E-state index in [-0.39, 0.29) is 17.2 Å². The van der Waals surface area contributed by atoms with Gasteiger partial charge in [-0.2, -0.15) is 13.2 Å². The first kappa shape index (κ1) is 24.9. The predicted octanol–water partition coefficient (Wildman–Crippen LogP) is 4.34. The summed E-state index contributed by atoms with van der Waals surface area (Å²) in [6, 6.07) is 7.34. The molecule has 0 radical (unpaired) electrons. The highest BCUT2D eigenvalue weighted by atomic mass is 35.5. The molecule has 0 unspecified atom stereocenters. The quantitative estimate of drug-likeness (QED) is 0.367. The maximum Gasteiger partial charge on any atom is 0.404 e. The molecule has 0 bridgehead atoms. The van der Waals surface area contributed by atoms with Gasteiger partial charge in [0.2, 0.25) is 10.0 Å². The fourth-order valence-corrected chi connectivity index (χ4v) is 4.62. The molecule has 4 aromatic rings. The van der Waals surface area contributed by atoms with Gasteiger partial charge in [-0.1, -0.05) is 23.7 Å². The minimum absolute atomic E-state index is 0.0904. The Balaban J connectivity index is 1.60. The number of halogens is 4. The minimum atomic E-state index is -4.86. The molecular formula is C22H19ClF3N5O3S. The highest BCUT2D eigenvalue weighted by Crippen LogP contribution is 2.31. The van der Waals surface area contributed by atoms with Crippen LogP contribution in [0.2, 0.25) is 5.02 Å². The number of nitrogens with zero attached hydrogens (tertiary/aromatic N) is 4. The number of aryl methyl sites for hydroxylation is 1. The summed E-state index contributed by atoms with van der Waals surface area (Å²) in [5.74, 6) is -1.54. The second-order valence-electron chi connectivity index (χ2n) is 7.65. The van der Waals surface area contributed by atoms with Crippen LogP contribution in [0, 0.1) is 6.92 Å². The molecule has 1 N–H and O–H groups in total. The molecule has 4 rings (SSSR count). The summed E-state index contributed by atoms with van der Waals surface area (Å²) in [6.45, 7) is 1.33. The summed E-state index contributed by atoms with van der Waals surface area (Å²) >= 11 is 6.26. The standard InChI is InChI=1S/C22H19ClF3N5O3S/c1-14-7-19(31-6-5-27-13-31)16-3-2-4-20(21(16)30-14)34-11-17-15(8-28-10-18(17)23)9-29-35(32,33)12-22(24,25)26/h2-8,10,13,29H,9,11-12H2,1H3. The van der Waals surface area contributed by atoms with Crippen molar-refractivity contribution in [2.75, 3.05) is 5.75 Å². The van der Waals surface area contributed by atoms with Gasteiger partial charge in [0.1, 0.15) is 17.9 Å². The van der Waals surface area contributed by atoms with Gasteiger partial charge >= 0.3 is 6.18 Å². The lowest BCUT2D eigenvalue weighted by atomic mass is 10.1. The Hall–Kier alpha value is -3.22. The summed E-state index contributed by atoms with van der Waals surface area (Å²) in [5, 5.41) is 0.994. The number of pyridine rings is 2. The molecule has 0 atom stereocenters. The van der Waals surface area contributed by atoms with Crippen molar-refractivity contribution in [1.29, 1.82) is 0 Å². The average molecular weight is 526 g/mol. The molecule has 13 heteroatoms. The molecule has 0 saturated carbocycles. The van der Waals surface area contributed by atoms with Crippen molar-refractivity contribution in [2.45, 2.75) is 26.3 Å². The van der Waals surface area contributed by atoms with Gasteiger partial charge in [0.05, 0.1) is 17.0 Å². The number of sulfonamides is 1. The Morgan fingerprint density at radius 1 is 1.20 bits per heavy atom. The molecule has 3 aromatic heterocycles. The smallest absolute Gasteiger partial charge is 0.404 e. The first-order valence-corrected chi connectivity index (χ1v) is 12.2. The third-order valence-corrected chi connectivity index (χ3v) is 6.61. The fourth-order valence-electron chi connectivity index (χ4n) is 3.48. The van der Waals surface area contributed by atoms with Gasteiger partial charge in [0, 0.05) is 48.0 Å². The van der Waals surface area contributed by atoms with E-state index in [4.69, 9.17) is 16.3 Å². The third-order valence-electron chi connectivity index (χ3n) is 4.99. The Morgan fingerprint density at radius 2 is 2.00 bits per heavy atom. The van der Waals surface area contributed by atoms with E-state index in [1.807, 2.05) is 34.5 Å². The SMILES string of the molecule is Cc1cc(-n2ccnc2)c2cccc(OCc3c(Cl)cncc3CNS(=O)(=O)CC(F)(F)F)c2n1. The lowest BCUT2D eigenvalue weighted by molar-refractivity contribution is -0.106.